The number of anilines is 1. The number of likely N-dealkylation sites (N-methyl/N-ethyl adjacent to an activating group) is 1. The monoisotopic (exact) mass is 463 g/mol. The summed E-state index contributed by atoms with van der Waals surface area (Å²) in [5.41, 5.74) is 1.78. The summed E-state index contributed by atoms with van der Waals surface area (Å²) in [5, 5.41) is 0.465. The van der Waals surface area contributed by atoms with Gasteiger partial charge in [-0.3, -0.25) is 14.5 Å². The predicted molar refractivity (Wildman–Crippen MR) is 127 cm³/mol. The highest BCUT2D eigenvalue weighted by molar-refractivity contribution is 6.30. The summed E-state index contributed by atoms with van der Waals surface area (Å²) in [5.74, 6) is 0.903. The first-order valence-electron chi connectivity index (χ1n) is 10.6. The van der Waals surface area contributed by atoms with Gasteiger partial charge in [0.1, 0.15) is 17.2 Å². The fraction of sp³-hybridized carbons (Fsp3) is 0.250. The molecule has 9 heteroatoms. The Hall–Kier alpha value is -3.49. The van der Waals surface area contributed by atoms with Crippen molar-refractivity contribution in [1.82, 2.24) is 19.4 Å². The van der Waals surface area contributed by atoms with Gasteiger partial charge in [-0.1, -0.05) is 11.6 Å². The molecule has 0 N–H and O–H groups in total. The summed E-state index contributed by atoms with van der Waals surface area (Å²) < 4.78 is 6.78. The molecule has 168 valence electrons. The summed E-state index contributed by atoms with van der Waals surface area (Å²) in [6, 6.07) is 12.4. The van der Waals surface area contributed by atoms with Gasteiger partial charge in [-0.25, -0.2) is 14.5 Å². The second-order valence-electron chi connectivity index (χ2n) is 8.20. The van der Waals surface area contributed by atoms with Crippen LogP contribution in [0, 0.1) is 0 Å². The number of benzene rings is 1. The molecule has 0 radical (unpaired) electrons. The van der Waals surface area contributed by atoms with Crippen molar-refractivity contribution in [2.24, 2.45) is 0 Å². The molecule has 1 saturated heterocycles. The van der Waals surface area contributed by atoms with E-state index in [-0.39, 0.29) is 23.1 Å². The average molecular weight is 464 g/mol. The SMILES string of the molecule is CN(C)C1CCCN(c2ccc(-c3nc4ccoc4c(=O)n3-c3ccc(Cl)cn3)cc2)C1=O. The van der Waals surface area contributed by atoms with E-state index in [1.165, 1.54) is 17.0 Å². The normalized spacial score (nSPS) is 16.7. The van der Waals surface area contributed by atoms with Gasteiger partial charge in [0.05, 0.1) is 17.3 Å². The molecule has 1 fully saturated rings. The van der Waals surface area contributed by atoms with Crippen molar-refractivity contribution in [1.29, 1.82) is 0 Å². The van der Waals surface area contributed by atoms with Crippen LogP contribution in [0.4, 0.5) is 5.69 Å². The Labute approximate surface area is 195 Å². The summed E-state index contributed by atoms with van der Waals surface area (Å²) in [4.78, 5) is 38.9. The second kappa shape index (κ2) is 8.46. The average Bonchev–Trinajstić information content (AvgIpc) is 3.29. The number of halogens is 1. The number of hydrogen-bond donors (Lipinski definition) is 0. The molecule has 0 spiro atoms. The van der Waals surface area contributed by atoms with E-state index >= 15 is 0 Å². The van der Waals surface area contributed by atoms with Crippen molar-refractivity contribution in [2.45, 2.75) is 18.9 Å². The minimum atomic E-state index is -0.362. The van der Waals surface area contributed by atoms with Crippen LogP contribution in [-0.2, 0) is 4.79 Å². The number of amides is 1. The first-order chi connectivity index (χ1) is 15.9. The van der Waals surface area contributed by atoms with Crippen molar-refractivity contribution in [3.05, 3.63) is 70.3 Å². The number of furan rings is 1. The topological polar surface area (TPSA) is 84.5 Å². The highest BCUT2D eigenvalue weighted by atomic mass is 35.5. The fourth-order valence-electron chi connectivity index (χ4n) is 4.20. The molecule has 1 aliphatic rings. The number of pyridine rings is 1. The molecule has 0 bridgehead atoms. The second-order valence-corrected chi connectivity index (χ2v) is 8.64. The van der Waals surface area contributed by atoms with E-state index in [0.717, 1.165) is 18.5 Å². The van der Waals surface area contributed by atoms with Gasteiger partial charge in [0.25, 0.3) is 0 Å². The standard InChI is InChI=1S/C24H22ClN5O3/c1-28(2)19-4-3-12-29(23(19)31)17-8-5-15(6-9-17)22-27-18-11-13-33-21(18)24(32)30(22)20-10-7-16(25)14-26-20/h5-11,13-14,19H,3-4,12H2,1-2H3. The molecule has 4 heterocycles. The molecule has 8 nitrogen and oxygen atoms in total. The number of carbonyl (C=O) groups excluding carboxylic acids is 1. The van der Waals surface area contributed by atoms with E-state index < -0.39 is 0 Å². The minimum absolute atomic E-state index is 0.0965. The zero-order valence-corrected chi connectivity index (χ0v) is 19.0. The highest BCUT2D eigenvalue weighted by Crippen LogP contribution is 2.27. The number of hydrogen-bond acceptors (Lipinski definition) is 6. The van der Waals surface area contributed by atoms with Crippen LogP contribution in [0.1, 0.15) is 12.8 Å². The Morgan fingerprint density at radius 1 is 1.09 bits per heavy atom. The summed E-state index contributed by atoms with van der Waals surface area (Å²) in [7, 11) is 3.85. The van der Waals surface area contributed by atoms with E-state index in [4.69, 9.17) is 16.0 Å². The van der Waals surface area contributed by atoms with Crippen molar-refractivity contribution in [2.75, 3.05) is 25.5 Å². The van der Waals surface area contributed by atoms with E-state index in [1.807, 2.05) is 48.2 Å². The van der Waals surface area contributed by atoms with E-state index in [1.54, 1.807) is 18.2 Å². The lowest BCUT2D eigenvalue weighted by atomic mass is 10.0. The maximum atomic E-state index is 13.2. The third-order valence-electron chi connectivity index (χ3n) is 5.89. The maximum absolute atomic E-state index is 13.2. The molecular formula is C24H22ClN5O3. The first-order valence-corrected chi connectivity index (χ1v) is 11.0. The molecule has 33 heavy (non-hydrogen) atoms. The number of fused-ring (bicyclic) bond motifs is 1. The lowest BCUT2D eigenvalue weighted by Crippen LogP contribution is -2.50. The molecule has 1 aliphatic heterocycles. The molecule has 0 saturated carbocycles. The van der Waals surface area contributed by atoms with E-state index in [9.17, 15) is 9.59 Å². The van der Waals surface area contributed by atoms with Crippen LogP contribution in [0.15, 0.2) is 64.1 Å². The van der Waals surface area contributed by atoms with Crippen LogP contribution in [0.25, 0.3) is 28.3 Å². The molecule has 3 aromatic heterocycles. The molecule has 4 aromatic rings. The van der Waals surface area contributed by atoms with Gasteiger partial charge in [-0.05, 0) is 63.3 Å². The van der Waals surface area contributed by atoms with Gasteiger partial charge >= 0.3 is 5.56 Å². The summed E-state index contributed by atoms with van der Waals surface area (Å²) in [6.07, 6.45) is 4.71. The lowest BCUT2D eigenvalue weighted by Gasteiger charge is -2.35. The zero-order chi connectivity index (χ0) is 23.1. The van der Waals surface area contributed by atoms with Gasteiger partial charge in [-0.2, -0.15) is 0 Å². The number of carbonyl (C=O) groups is 1. The largest absolute Gasteiger partial charge is 0.457 e. The first kappa shape index (κ1) is 21.4. The predicted octanol–water partition coefficient (Wildman–Crippen LogP) is 3.75. The van der Waals surface area contributed by atoms with E-state index in [0.29, 0.717) is 34.3 Å². The van der Waals surface area contributed by atoms with Crippen LogP contribution >= 0.6 is 11.6 Å². The van der Waals surface area contributed by atoms with Crippen LogP contribution in [0.3, 0.4) is 0 Å². The van der Waals surface area contributed by atoms with Gasteiger partial charge in [0.15, 0.2) is 0 Å². The maximum Gasteiger partial charge on any atom is 0.303 e. The van der Waals surface area contributed by atoms with Crippen molar-refractivity contribution < 1.29 is 9.21 Å². The van der Waals surface area contributed by atoms with Crippen LogP contribution in [0.2, 0.25) is 5.02 Å². The molecule has 1 aromatic carbocycles. The minimum Gasteiger partial charge on any atom is -0.457 e. The number of nitrogens with zero attached hydrogens (tertiary/aromatic N) is 5. The fourth-order valence-corrected chi connectivity index (χ4v) is 4.31. The van der Waals surface area contributed by atoms with Gasteiger partial charge in [0, 0.05) is 30.1 Å². The molecular weight excluding hydrogens is 442 g/mol. The van der Waals surface area contributed by atoms with Crippen molar-refractivity contribution >= 4 is 34.3 Å². The number of rotatable bonds is 4. The summed E-state index contributed by atoms with van der Waals surface area (Å²) in [6.45, 7) is 0.682. The Bertz CT molecular complexity index is 1380. The third kappa shape index (κ3) is 3.81. The molecule has 0 aliphatic carbocycles. The van der Waals surface area contributed by atoms with Gasteiger partial charge in [0.2, 0.25) is 11.5 Å². The van der Waals surface area contributed by atoms with Crippen LogP contribution in [0.5, 0.6) is 0 Å². The molecule has 1 atom stereocenters. The Morgan fingerprint density at radius 2 is 1.88 bits per heavy atom. The van der Waals surface area contributed by atoms with Crippen LogP contribution < -0.4 is 10.5 Å². The molecule has 1 amide bonds. The summed E-state index contributed by atoms with van der Waals surface area (Å²) >= 11 is 5.99. The van der Waals surface area contributed by atoms with Gasteiger partial charge in [-0.15, -0.1) is 0 Å². The third-order valence-corrected chi connectivity index (χ3v) is 6.12. The molecule has 1 unspecified atom stereocenters. The van der Waals surface area contributed by atoms with Gasteiger partial charge < -0.3 is 9.32 Å². The smallest absolute Gasteiger partial charge is 0.303 e. The van der Waals surface area contributed by atoms with Crippen LogP contribution in [-0.4, -0.2) is 52.0 Å². The zero-order valence-electron chi connectivity index (χ0n) is 18.2. The Morgan fingerprint density at radius 3 is 2.58 bits per heavy atom. The number of piperidine rings is 1. The Kier molecular flexibility index (Phi) is 5.47. The van der Waals surface area contributed by atoms with Crippen molar-refractivity contribution in [3.8, 4) is 17.2 Å². The van der Waals surface area contributed by atoms with Crippen molar-refractivity contribution in [3.63, 3.8) is 0 Å². The lowest BCUT2D eigenvalue weighted by molar-refractivity contribution is -0.124. The highest BCUT2D eigenvalue weighted by Gasteiger charge is 2.31. The molecule has 5 rings (SSSR count). The Balaban J connectivity index is 1.58. The number of aromatic nitrogens is 3. The van der Waals surface area contributed by atoms with E-state index in [2.05, 4.69) is 9.97 Å². The quantitative estimate of drug-likeness (QED) is 0.458.